The maximum atomic E-state index is 11.5. The summed E-state index contributed by atoms with van der Waals surface area (Å²) in [6.07, 6.45) is -5.60. The van der Waals surface area contributed by atoms with Crippen LogP contribution in [0.4, 0.5) is 24.0 Å². The van der Waals surface area contributed by atoms with Crippen molar-refractivity contribution >= 4 is 112 Å². The Hall–Kier alpha value is -8.24. The van der Waals surface area contributed by atoms with Crippen LogP contribution in [0.5, 0.6) is 0 Å². The predicted molar refractivity (Wildman–Crippen MR) is 335 cm³/mol. The SMILES string of the molecule is CC(=O)O.CC(C)=O.CC(C)=O.CC(C)=O.CC(C)=O.CCCCOC(=O)C(C)O.CCCCOC(=O)C(C)OC(=O)OC(C)C(=O)OCCCC.CCOC(=O)C(C)CBr.CCOC(=O)C(C)COC(=O)OCC(C)C(=O)OCC.O=C(O)O.O=C(O)O.O=C(O)O. The van der Waals surface area contributed by atoms with Crippen molar-refractivity contribution in [1.82, 2.24) is 0 Å². The summed E-state index contributed by atoms with van der Waals surface area (Å²) in [4.78, 5) is 162. The smallest absolute Gasteiger partial charge is 0.481 e. The molecule has 0 aromatic rings. The van der Waals surface area contributed by atoms with Gasteiger partial charge in [0, 0.05) is 12.3 Å². The molecular formula is C58H107BrO34. The van der Waals surface area contributed by atoms with Gasteiger partial charge in [0.25, 0.3) is 5.97 Å². The van der Waals surface area contributed by atoms with Crippen molar-refractivity contribution in [3.63, 3.8) is 0 Å². The second-order valence-electron chi connectivity index (χ2n) is 18.0. The number of rotatable bonds is 25. The van der Waals surface area contributed by atoms with Crippen LogP contribution in [0.25, 0.3) is 0 Å². The van der Waals surface area contributed by atoms with Crippen molar-refractivity contribution < 1.29 is 165 Å². The molecular weight excluding hydrogens is 1320 g/mol. The zero-order valence-electron chi connectivity index (χ0n) is 57.6. The Morgan fingerprint density at radius 2 is 0.538 bits per heavy atom. The molecule has 0 saturated carbocycles. The lowest BCUT2D eigenvalue weighted by Crippen LogP contribution is -2.31. The summed E-state index contributed by atoms with van der Waals surface area (Å²) in [7, 11) is 0. The van der Waals surface area contributed by atoms with Gasteiger partial charge in [0.1, 0.15) is 42.5 Å². The summed E-state index contributed by atoms with van der Waals surface area (Å²) in [5.41, 5.74) is 0. The second kappa shape index (κ2) is 83.8. The van der Waals surface area contributed by atoms with E-state index in [0.717, 1.165) is 45.4 Å². The van der Waals surface area contributed by atoms with Gasteiger partial charge in [-0.15, -0.1) is 0 Å². The molecule has 0 aliphatic rings. The molecule has 550 valence electrons. The van der Waals surface area contributed by atoms with Crippen LogP contribution in [0, 0.1) is 17.8 Å². The number of aliphatic hydroxyl groups is 1. The van der Waals surface area contributed by atoms with Crippen molar-refractivity contribution in [3.05, 3.63) is 0 Å². The third-order valence-corrected chi connectivity index (χ3v) is 7.95. The number of esters is 6. The number of ether oxygens (including phenoxy) is 10. The Morgan fingerprint density at radius 1 is 0.333 bits per heavy atom. The van der Waals surface area contributed by atoms with Crippen molar-refractivity contribution in [2.75, 3.05) is 58.2 Å². The molecule has 0 rings (SSSR count). The highest BCUT2D eigenvalue weighted by Crippen LogP contribution is 2.06. The summed E-state index contributed by atoms with van der Waals surface area (Å²) in [6.45, 7) is 35.3. The standard InChI is InChI=1S/C15H26O7.C13H22O7.C7H14O3.C6H11BrO2.4C3H6O.C2H4O2.3CH2O3/c1-5-7-9-19-13(16)11(3)21-15(18)22-12(4)14(17)20-10-8-6-2;1-5-17-11(14)9(3)7-19-13(16)20-8-10(4)12(15)18-6-2;1-3-4-5-10-7(9)6(2)8;1-3-9-6(8)5(2)4-7;4*1-3(2)4;1-2(3)4;3*2-1(3)4/h11-12H,5-10H2,1-4H3;9-10H,5-8H2,1-4H3;6,8H,3-5H2,1-2H3;5H,3-4H2,1-2H3;4*1-2H3;1H3,(H,3,4);3*(H2,2,3,4). The maximum Gasteiger partial charge on any atom is 0.509 e. The first-order valence-electron chi connectivity index (χ1n) is 28.3. The van der Waals surface area contributed by atoms with E-state index in [-0.39, 0.29) is 74.7 Å². The number of alkyl halides is 1. The Morgan fingerprint density at radius 3 is 0.720 bits per heavy atom. The molecule has 0 heterocycles. The monoisotopic (exact) mass is 1430 g/mol. The van der Waals surface area contributed by atoms with E-state index >= 15 is 0 Å². The molecule has 93 heavy (non-hydrogen) atoms. The van der Waals surface area contributed by atoms with Gasteiger partial charge in [0.2, 0.25) is 0 Å². The molecule has 35 heteroatoms. The van der Waals surface area contributed by atoms with Gasteiger partial charge in [-0.1, -0.05) is 62.9 Å². The van der Waals surface area contributed by atoms with Crippen molar-refractivity contribution in [2.24, 2.45) is 17.8 Å². The number of hydrogen-bond acceptors (Lipinski definition) is 27. The molecule has 0 amide bonds. The van der Waals surface area contributed by atoms with E-state index in [1.807, 2.05) is 27.7 Å². The summed E-state index contributed by atoms with van der Waals surface area (Å²) < 4.78 is 47.7. The van der Waals surface area contributed by atoms with Crippen molar-refractivity contribution in [1.29, 1.82) is 0 Å². The Bertz CT molecular complexity index is 1770. The summed E-state index contributed by atoms with van der Waals surface area (Å²) in [5, 5.41) is 58.6. The van der Waals surface area contributed by atoms with Gasteiger partial charge in [-0.2, -0.15) is 0 Å². The highest BCUT2D eigenvalue weighted by Gasteiger charge is 2.25. The fourth-order valence-electron chi connectivity index (χ4n) is 3.20. The minimum absolute atomic E-state index is 0.0232. The molecule has 6 atom stereocenters. The Kier molecular flexibility index (Phi) is 101. The molecule has 0 aliphatic heterocycles. The van der Waals surface area contributed by atoms with Gasteiger partial charge in [-0.05, 0) is 130 Å². The van der Waals surface area contributed by atoms with Crippen LogP contribution >= 0.6 is 15.9 Å². The zero-order valence-corrected chi connectivity index (χ0v) is 59.2. The van der Waals surface area contributed by atoms with Crippen LogP contribution in [0.1, 0.15) is 184 Å². The van der Waals surface area contributed by atoms with Gasteiger partial charge in [-0.3, -0.25) is 19.2 Å². The van der Waals surface area contributed by atoms with E-state index in [1.165, 1.54) is 76.2 Å². The first-order chi connectivity index (χ1) is 42.6. The lowest BCUT2D eigenvalue weighted by Gasteiger charge is -2.15. The minimum Gasteiger partial charge on any atom is -0.481 e. The summed E-state index contributed by atoms with van der Waals surface area (Å²) in [6, 6.07) is 0. The second-order valence-corrected chi connectivity index (χ2v) is 18.6. The van der Waals surface area contributed by atoms with E-state index < -0.39 is 96.7 Å². The number of aliphatic hydroxyl groups excluding tert-OH is 1. The molecule has 0 aromatic heterocycles. The molecule has 0 spiro atoms. The quantitative estimate of drug-likeness (QED) is 0.0182. The molecule has 0 aliphatic carbocycles. The van der Waals surface area contributed by atoms with Gasteiger partial charge in [0.15, 0.2) is 12.2 Å². The fraction of sp³-hybridized carbons (Fsp3) is 0.724. The maximum absolute atomic E-state index is 11.5. The molecule has 6 unspecified atom stereocenters. The first-order valence-corrected chi connectivity index (χ1v) is 29.5. The number of halogens is 1. The lowest BCUT2D eigenvalue weighted by molar-refractivity contribution is -0.158. The topological polar surface area (TPSA) is 527 Å². The van der Waals surface area contributed by atoms with Crippen LogP contribution in [-0.4, -0.2) is 213 Å². The molecule has 8 N–H and O–H groups in total. The van der Waals surface area contributed by atoms with Gasteiger partial charge >= 0.3 is 66.6 Å². The average molecular weight is 1430 g/mol. The molecule has 0 aromatic carbocycles. The first kappa shape index (κ1) is 112. The van der Waals surface area contributed by atoms with E-state index in [1.54, 1.807) is 34.6 Å². The van der Waals surface area contributed by atoms with E-state index in [4.69, 9.17) is 103 Å². The number of carboxylic acid groups (broad SMARTS) is 7. The van der Waals surface area contributed by atoms with Crippen LogP contribution in [0.2, 0.25) is 0 Å². The van der Waals surface area contributed by atoms with Crippen LogP contribution in [0.3, 0.4) is 0 Å². The molecule has 0 saturated heterocycles. The van der Waals surface area contributed by atoms with Crippen LogP contribution in [0.15, 0.2) is 0 Å². The Labute approximate surface area is 553 Å². The van der Waals surface area contributed by atoms with Crippen molar-refractivity contribution in [2.45, 2.75) is 202 Å². The predicted octanol–water partition coefficient (Wildman–Crippen LogP) is 9.57. The Balaban J connectivity index is -0.0000000834. The molecule has 0 radical (unpaired) electrons. The number of unbranched alkanes of at least 4 members (excludes halogenated alkanes) is 3. The summed E-state index contributed by atoms with van der Waals surface area (Å²) >= 11 is 3.18. The van der Waals surface area contributed by atoms with Crippen LogP contribution < -0.4 is 0 Å². The normalized spacial score (nSPS) is 10.6. The number of carbonyl (C=O) groups is 16. The minimum atomic E-state index is -1.83. The molecule has 0 fully saturated rings. The van der Waals surface area contributed by atoms with Gasteiger partial charge in [-0.25, -0.2) is 38.4 Å². The fourth-order valence-corrected chi connectivity index (χ4v) is 3.46. The number of aliphatic carboxylic acids is 1. The van der Waals surface area contributed by atoms with E-state index in [2.05, 4.69) is 20.7 Å². The summed E-state index contributed by atoms with van der Waals surface area (Å²) in [5.74, 6) is -4.17. The third-order valence-electron chi connectivity index (χ3n) is 6.98. The zero-order chi connectivity index (χ0) is 76.4. The number of carbonyl (C=O) groups excluding carboxylic acids is 12. The lowest BCUT2D eigenvalue weighted by atomic mass is 10.2. The molecule has 0 bridgehead atoms. The van der Waals surface area contributed by atoms with Crippen LogP contribution in [-0.2, 0) is 100 Å². The number of ketones is 4. The average Bonchev–Trinajstić information content (AvgIpc) is 3.64. The van der Waals surface area contributed by atoms with E-state index in [9.17, 15) is 57.5 Å². The third kappa shape index (κ3) is 157. The number of hydrogen-bond donors (Lipinski definition) is 8. The number of carboxylic acids is 1. The largest absolute Gasteiger partial charge is 0.509 e. The highest BCUT2D eigenvalue weighted by molar-refractivity contribution is 9.09. The number of Topliss-reactive ketones (excluding diaryl/α,β-unsaturated/α-hetero) is 4. The van der Waals surface area contributed by atoms with Gasteiger partial charge in [0.05, 0.1) is 57.4 Å². The molecule has 34 nitrogen and oxygen atoms in total. The highest BCUT2D eigenvalue weighted by atomic mass is 79.9. The van der Waals surface area contributed by atoms with Gasteiger partial charge < -0.3 is 107 Å². The van der Waals surface area contributed by atoms with E-state index in [0.29, 0.717) is 18.5 Å². The van der Waals surface area contributed by atoms with Crippen molar-refractivity contribution in [3.8, 4) is 0 Å².